The van der Waals surface area contributed by atoms with E-state index in [0.717, 1.165) is 12.8 Å². The van der Waals surface area contributed by atoms with E-state index in [0.29, 0.717) is 24.0 Å². The average Bonchev–Trinajstić information content (AvgIpc) is 2.57. The Morgan fingerprint density at radius 2 is 1.73 bits per heavy atom. The summed E-state index contributed by atoms with van der Waals surface area (Å²) in [6.45, 7) is 1.42. The fourth-order valence-electron chi connectivity index (χ4n) is 2.86. The van der Waals surface area contributed by atoms with Gasteiger partial charge in [-0.3, -0.25) is 4.79 Å². The molecule has 1 aliphatic rings. The lowest BCUT2D eigenvalue weighted by Crippen LogP contribution is -2.38. The van der Waals surface area contributed by atoms with Gasteiger partial charge in [-0.2, -0.15) is 0 Å². The Bertz CT molecular complexity index is 668. The van der Waals surface area contributed by atoms with Gasteiger partial charge < -0.3 is 4.90 Å². The standard InChI is InChI=1S/C17H16Cl2N2O/c18-14-6-7-15(19)20-16(14)17(22)21-10-8-13(9-11-21)12-4-2-1-3-5-12/h1-7,13H,8-11H2. The van der Waals surface area contributed by atoms with Crippen molar-refractivity contribution in [3.63, 3.8) is 0 Å². The van der Waals surface area contributed by atoms with Crippen molar-refractivity contribution in [2.24, 2.45) is 0 Å². The Morgan fingerprint density at radius 1 is 1.05 bits per heavy atom. The minimum Gasteiger partial charge on any atom is -0.337 e. The summed E-state index contributed by atoms with van der Waals surface area (Å²) in [5, 5.41) is 0.631. The van der Waals surface area contributed by atoms with E-state index >= 15 is 0 Å². The number of benzene rings is 1. The van der Waals surface area contributed by atoms with E-state index in [2.05, 4.69) is 29.2 Å². The van der Waals surface area contributed by atoms with Gasteiger partial charge in [0.1, 0.15) is 10.8 Å². The van der Waals surface area contributed by atoms with Crippen molar-refractivity contribution < 1.29 is 4.79 Å². The van der Waals surface area contributed by atoms with Crippen molar-refractivity contribution in [1.82, 2.24) is 9.88 Å². The number of rotatable bonds is 2. The molecule has 3 nitrogen and oxygen atoms in total. The number of halogens is 2. The molecule has 0 aliphatic carbocycles. The van der Waals surface area contributed by atoms with Crippen molar-refractivity contribution in [2.45, 2.75) is 18.8 Å². The molecule has 1 aromatic heterocycles. The summed E-state index contributed by atoms with van der Waals surface area (Å²) in [6.07, 6.45) is 1.90. The number of carbonyl (C=O) groups is 1. The summed E-state index contributed by atoms with van der Waals surface area (Å²) < 4.78 is 0. The predicted molar refractivity (Wildman–Crippen MR) is 88.6 cm³/mol. The highest BCUT2D eigenvalue weighted by atomic mass is 35.5. The van der Waals surface area contributed by atoms with Crippen LogP contribution in [0, 0.1) is 0 Å². The van der Waals surface area contributed by atoms with E-state index in [4.69, 9.17) is 23.2 Å². The van der Waals surface area contributed by atoms with E-state index in [-0.39, 0.29) is 16.8 Å². The molecule has 0 bridgehead atoms. The Kier molecular flexibility index (Phi) is 4.65. The quantitative estimate of drug-likeness (QED) is 0.762. The van der Waals surface area contributed by atoms with Crippen molar-refractivity contribution in [2.75, 3.05) is 13.1 Å². The smallest absolute Gasteiger partial charge is 0.274 e. The van der Waals surface area contributed by atoms with E-state index in [1.54, 1.807) is 12.1 Å². The Morgan fingerprint density at radius 3 is 2.41 bits per heavy atom. The first-order chi connectivity index (χ1) is 10.6. The minimum absolute atomic E-state index is 0.140. The molecule has 0 saturated carbocycles. The minimum atomic E-state index is -0.140. The molecule has 0 atom stereocenters. The molecule has 1 fully saturated rings. The fraction of sp³-hybridized carbons (Fsp3) is 0.294. The van der Waals surface area contributed by atoms with Crippen molar-refractivity contribution in [3.8, 4) is 0 Å². The first-order valence-corrected chi connectivity index (χ1v) is 8.07. The van der Waals surface area contributed by atoms with Gasteiger partial charge in [0.25, 0.3) is 5.91 Å². The number of likely N-dealkylation sites (tertiary alicyclic amines) is 1. The maximum Gasteiger partial charge on any atom is 0.274 e. The third-order valence-corrected chi connectivity index (χ3v) is 4.58. The van der Waals surface area contributed by atoms with Crippen LogP contribution in [0.4, 0.5) is 0 Å². The molecule has 1 aliphatic heterocycles. The van der Waals surface area contributed by atoms with Gasteiger partial charge in [-0.05, 0) is 36.5 Å². The average molecular weight is 335 g/mol. The molecule has 0 spiro atoms. The Hall–Kier alpha value is -1.58. The van der Waals surface area contributed by atoms with Crippen LogP contribution in [0.5, 0.6) is 0 Å². The predicted octanol–water partition coefficient (Wildman–Crippen LogP) is 4.41. The second-order valence-corrected chi connectivity index (χ2v) is 6.24. The van der Waals surface area contributed by atoms with Gasteiger partial charge in [0.15, 0.2) is 0 Å². The van der Waals surface area contributed by atoms with Crippen LogP contribution in [-0.2, 0) is 0 Å². The molecule has 5 heteroatoms. The summed E-state index contributed by atoms with van der Waals surface area (Å²) in [4.78, 5) is 18.4. The number of carbonyl (C=O) groups excluding carboxylic acids is 1. The van der Waals surface area contributed by atoms with E-state index in [1.165, 1.54) is 5.56 Å². The molecule has 0 N–H and O–H groups in total. The number of aromatic nitrogens is 1. The number of hydrogen-bond donors (Lipinski definition) is 0. The zero-order valence-corrected chi connectivity index (χ0v) is 13.5. The van der Waals surface area contributed by atoms with Gasteiger partial charge in [-0.15, -0.1) is 0 Å². The molecular weight excluding hydrogens is 319 g/mol. The van der Waals surface area contributed by atoms with E-state index in [9.17, 15) is 4.79 Å². The van der Waals surface area contributed by atoms with Crippen LogP contribution in [0.2, 0.25) is 10.2 Å². The fourth-order valence-corrected chi connectivity index (χ4v) is 3.19. The molecule has 1 saturated heterocycles. The van der Waals surface area contributed by atoms with Gasteiger partial charge in [0.2, 0.25) is 0 Å². The van der Waals surface area contributed by atoms with Gasteiger partial charge in [0.05, 0.1) is 5.02 Å². The molecule has 0 unspecified atom stereocenters. The molecule has 1 amide bonds. The first kappa shape index (κ1) is 15.3. The molecule has 0 radical (unpaired) electrons. The highest BCUT2D eigenvalue weighted by Gasteiger charge is 2.26. The summed E-state index contributed by atoms with van der Waals surface area (Å²) >= 11 is 11.9. The van der Waals surface area contributed by atoms with Gasteiger partial charge in [-0.25, -0.2) is 4.98 Å². The monoisotopic (exact) mass is 334 g/mol. The van der Waals surface area contributed by atoms with Crippen molar-refractivity contribution >= 4 is 29.1 Å². The normalized spacial score (nSPS) is 15.8. The molecule has 3 rings (SSSR count). The summed E-state index contributed by atoms with van der Waals surface area (Å²) in [7, 11) is 0. The third kappa shape index (κ3) is 3.26. The summed E-state index contributed by atoms with van der Waals surface area (Å²) in [6, 6.07) is 13.6. The van der Waals surface area contributed by atoms with Crippen molar-refractivity contribution in [1.29, 1.82) is 0 Å². The van der Waals surface area contributed by atoms with Crippen LogP contribution in [0.15, 0.2) is 42.5 Å². The zero-order chi connectivity index (χ0) is 15.5. The second-order valence-electron chi connectivity index (χ2n) is 5.44. The largest absolute Gasteiger partial charge is 0.337 e. The Balaban J connectivity index is 1.68. The lowest BCUT2D eigenvalue weighted by Gasteiger charge is -2.32. The van der Waals surface area contributed by atoms with Gasteiger partial charge in [-0.1, -0.05) is 53.5 Å². The molecule has 114 valence electrons. The van der Waals surface area contributed by atoms with E-state index < -0.39 is 0 Å². The first-order valence-electron chi connectivity index (χ1n) is 7.31. The van der Waals surface area contributed by atoms with Crippen LogP contribution >= 0.6 is 23.2 Å². The molecule has 2 heterocycles. The molecular formula is C17H16Cl2N2O. The van der Waals surface area contributed by atoms with E-state index in [1.807, 2.05) is 11.0 Å². The lowest BCUT2D eigenvalue weighted by molar-refractivity contribution is 0.0707. The maximum absolute atomic E-state index is 12.5. The highest BCUT2D eigenvalue weighted by Crippen LogP contribution is 2.29. The molecule has 22 heavy (non-hydrogen) atoms. The zero-order valence-electron chi connectivity index (χ0n) is 12.0. The topological polar surface area (TPSA) is 33.2 Å². The van der Waals surface area contributed by atoms with Gasteiger partial charge in [0, 0.05) is 13.1 Å². The van der Waals surface area contributed by atoms with Crippen LogP contribution in [0.1, 0.15) is 34.8 Å². The van der Waals surface area contributed by atoms with Crippen LogP contribution in [0.25, 0.3) is 0 Å². The third-order valence-electron chi connectivity index (χ3n) is 4.07. The SMILES string of the molecule is O=C(c1nc(Cl)ccc1Cl)N1CCC(c2ccccc2)CC1. The second kappa shape index (κ2) is 6.67. The number of hydrogen-bond acceptors (Lipinski definition) is 2. The number of nitrogens with zero attached hydrogens (tertiary/aromatic N) is 2. The van der Waals surface area contributed by atoms with Crippen LogP contribution in [0.3, 0.4) is 0 Å². The molecule has 1 aromatic carbocycles. The number of piperidine rings is 1. The Labute approximate surface area is 139 Å². The summed E-state index contributed by atoms with van der Waals surface area (Å²) in [5.74, 6) is 0.368. The molecule has 2 aromatic rings. The van der Waals surface area contributed by atoms with Crippen molar-refractivity contribution in [3.05, 3.63) is 63.9 Å². The highest BCUT2D eigenvalue weighted by molar-refractivity contribution is 6.34. The van der Waals surface area contributed by atoms with Crippen LogP contribution < -0.4 is 0 Å². The van der Waals surface area contributed by atoms with Gasteiger partial charge >= 0.3 is 0 Å². The summed E-state index contributed by atoms with van der Waals surface area (Å²) in [5.41, 5.74) is 1.58. The number of pyridine rings is 1. The van der Waals surface area contributed by atoms with Crippen LogP contribution in [-0.4, -0.2) is 28.9 Å². The lowest BCUT2D eigenvalue weighted by atomic mass is 9.89. The number of amides is 1. The maximum atomic E-state index is 12.5.